The summed E-state index contributed by atoms with van der Waals surface area (Å²) in [6.45, 7) is 3.74. The largest absolute Gasteiger partial charge is 0.476 e. The number of carbonyl (C=O) groups excluding carboxylic acids is 2. The highest BCUT2D eigenvalue weighted by atomic mass is 16.5. The summed E-state index contributed by atoms with van der Waals surface area (Å²) in [7, 11) is 0. The molecule has 0 atom stereocenters. The highest BCUT2D eigenvalue weighted by Crippen LogP contribution is 2.44. The molecule has 4 rings (SSSR count). The molecule has 3 aromatic rings. The van der Waals surface area contributed by atoms with Crippen molar-refractivity contribution in [2.24, 2.45) is 0 Å². The van der Waals surface area contributed by atoms with E-state index in [9.17, 15) is 14.4 Å². The molecule has 0 bridgehead atoms. The van der Waals surface area contributed by atoms with Gasteiger partial charge in [0.25, 0.3) is 0 Å². The van der Waals surface area contributed by atoms with Gasteiger partial charge in [-0.2, -0.15) is 0 Å². The number of aromatic carboxylic acids is 1. The lowest BCUT2D eigenvalue weighted by Crippen LogP contribution is -2.44. The second kappa shape index (κ2) is 10.0. The van der Waals surface area contributed by atoms with Crippen LogP contribution in [0.5, 0.6) is 0 Å². The van der Waals surface area contributed by atoms with Gasteiger partial charge in [0.1, 0.15) is 6.61 Å². The number of carboxylic acid groups (broad SMARTS) is 1. The Morgan fingerprint density at radius 2 is 1.69 bits per heavy atom. The first-order valence-electron chi connectivity index (χ1n) is 11.3. The highest BCUT2D eigenvalue weighted by Gasteiger charge is 2.30. The van der Waals surface area contributed by atoms with Crippen molar-refractivity contribution < 1.29 is 28.6 Å². The number of oxazole rings is 1. The second-order valence-electron chi connectivity index (χ2n) is 9.04. The Kier molecular flexibility index (Phi) is 6.86. The van der Waals surface area contributed by atoms with Gasteiger partial charge in [-0.3, -0.25) is 4.79 Å². The molecule has 0 fully saturated rings. The highest BCUT2D eigenvalue weighted by molar-refractivity contribution is 5.86. The van der Waals surface area contributed by atoms with E-state index in [2.05, 4.69) is 39.9 Å². The molecule has 182 valence electrons. The summed E-state index contributed by atoms with van der Waals surface area (Å²) in [5, 5.41) is 14.5. The predicted octanol–water partition coefficient (Wildman–Crippen LogP) is 4.09. The molecule has 9 heteroatoms. The average Bonchev–Trinajstić information content (AvgIpc) is 3.43. The van der Waals surface area contributed by atoms with E-state index in [1.165, 1.54) is 0 Å². The minimum absolute atomic E-state index is 0.0335. The Hall–Kier alpha value is -4.14. The van der Waals surface area contributed by atoms with E-state index in [0.29, 0.717) is 6.42 Å². The zero-order valence-electron chi connectivity index (χ0n) is 19.5. The Labute approximate surface area is 202 Å². The van der Waals surface area contributed by atoms with E-state index in [0.717, 1.165) is 28.6 Å². The molecular weight excluding hydrogens is 450 g/mol. The van der Waals surface area contributed by atoms with Crippen LogP contribution in [-0.2, 0) is 16.1 Å². The standard InChI is InChI=1S/C26H27N3O6/c1-26(2,12-11-22(30)27-13-21-23(24(31)32)28-15-35-21)29-25(33)34-14-20-18-9-5-3-7-16(18)17-8-4-6-10-19(17)20/h3-10,15,20H,11-14H2,1-2H3,(H,27,30)(H,29,33)(H,31,32). The number of benzene rings is 2. The maximum atomic E-state index is 12.6. The number of carbonyl (C=O) groups is 3. The van der Waals surface area contributed by atoms with Crippen LogP contribution < -0.4 is 10.6 Å². The van der Waals surface area contributed by atoms with Crippen LogP contribution in [0.3, 0.4) is 0 Å². The van der Waals surface area contributed by atoms with Gasteiger partial charge in [0.2, 0.25) is 5.91 Å². The summed E-state index contributed by atoms with van der Waals surface area (Å²) >= 11 is 0. The van der Waals surface area contributed by atoms with Crippen LogP contribution >= 0.6 is 0 Å². The smallest absolute Gasteiger partial charge is 0.407 e. The van der Waals surface area contributed by atoms with E-state index in [1.54, 1.807) is 13.8 Å². The molecule has 1 aliphatic rings. The molecule has 9 nitrogen and oxygen atoms in total. The first-order valence-corrected chi connectivity index (χ1v) is 11.3. The molecule has 0 saturated heterocycles. The number of rotatable bonds is 9. The lowest BCUT2D eigenvalue weighted by atomic mass is 9.98. The molecule has 1 aliphatic carbocycles. The van der Waals surface area contributed by atoms with Crippen molar-refractivity contribution in [3.05, 3.63) is 77.5 Å². The van der Waals surface area contributed by atoms with Crippen LogP contribution in [0.1, 0.15) is 60.0 Å². The SMILES string of the molecule is CC(C)(CCC(=O)NCc1ocnc1C(=O)O)NC(=O)OCC1c2ccccc2-c2ccccc21. The number of nitrogens with zero attached hydrogens (tertiary/aromatic N) is 1. The van der Waals surface area contributed by atoms with E-state index in [1.807, 2.05) is 24.3 Å². The van der Waals surface area contributed by atoms with Crippen LogP contribution in [0.25, 0.3) is 11.1 Å². The molecule has 1 heterocycles. The van der Waals surface area contributed by atoms with Gasteiger partial charge >= 0.3 is 12.1 Å². The Morgan fingerprint density at radius 1 is 1.06 bits per heavy atom. The Balaban J connectivity index is 1.26. The Bertz CT molecular complexity index is 1200. The van der Waals surface area contributed by atoms with Crippen molar-refractivity contribution in [2.75, 3.05) is 6.61 Å². The van der Waals surface area contributed by atoms with Crippen LogP contribution in [0.15, 0.2) is 59.3 Å². The fourth-order valence-electron chi connectivity index (χ4n) is 4.24. The molecule has 0 spiro atoms. The number of carboxylic acids is 1. The molecule has 0 saturated carbocycles. The summed E-state index contributed by atoms with van der Waals surface area (Å²) in [4.78, 5) is 39.4. The van der Waals surface area contributed by atoms with E-state index >= 15 is 0 Å². The average molecular weight is 478 g/mol. The van der Waals surface area contributed by atoms with Crippen LogP contribution in [0.2, 0.25) is 0 Å². The number of aromatic nitrogens is 1. The van der Waals surface area contributed by atoms with Crippen molar-refractivity contribution in [3.63, 3.8) is 0 Å². The quantitative estimate of drug-likeness (QED) is 0.423. The van der Waals surface area contributed by atoms with Gasteiger partial charge in [-0.15, -0.1) is 0 Å². The van der Waals surface area contributed by atoms with Crippen LogP contribution in [0, 0.1) is 0 Å². The Morgan fingerprint density at radius 3 is 2.31 bits per heavy atom. The number of nitrogens with one attached hydrogen (secondary N) is 2. The minimum Gasteiger partial charge on any atom is -0.476 e. The molecule has 0 radical (unpaired) electrons. The van der Waals surface area contributed by atoms with E-state index < -0.39 is 17.6 Å². The van der Waals surface area contributed by atoms with Crippen molar-refractivity contribution in [1.29, 1.82) is 0 Å². The monoisotopic (exact) mass is 477 g/mol. The summed E-state index contributed by atoms with van der Waals surface area (Å²) in [5.74, 6) is -1.49. The van der Waals surface area contributed by atoms with Crippen LogP contribution in [-0.4, -0.2) is 40.2 Å². The lowest BCUT2D eigenvalue weighted by Gasteiger charge is -2.26. The van der Waals surface area contributed by atoms with Crippen LogP contribution in [0.4, 0.5) is 4.79 Å². The fourth-order valence-corrected chi connectivity index (χ4v) is 4.24. The third kappa shape index (κ3) is 5.51. The van der Waals surface area contributed by atoms with E-state index in [4.69, 9.17) is 14.3 Å². The molecule has 35 heavy (non-hydrogen) atoms. The second-order valence-corrected chi connectivity index (χ2v) is 9.04. The molecular formula is C26H27N3O6. The maximum absolute atomic E-state index is 12.6. The number of hydrogen-bond donors (Lipinski definition) is 3. The number of amides is 2. The molecule has 1 aromatic heterocycles. The zero-order valence-corrected chi connectivity index (χ0v) is 19.5. The summed E-state index contributed by atoms with van der Waals surface area (Å²) in [6.07, 6.45) is 0.940. The van der Waals surface area contributed by atoms with Crippen molar-refractivity contribution in [1.82, 2.24) is 15.6 Å². The number of ether oxygens (including phenoxy) is 1. The third-order valence-electron chi connectivity index (χ3n) is 6.05. The molecule has 0 aliphatic heterocycles. The zero-order chi connectivity index (χ0) is 25.0. The van der Waals surface area contributed by atoms with Crippen molar-refractivity contribution in [2.45, 2.75) is 44.7 Å². The van der Waals surface area contributed by atoms with Gasteiger partial charge in [0.05, 0.1) is 6.54 Å². The lowest BCUT2D eigenvalue weighted by molar-refractivity contribution is -0.121. The molecule has 0 unspecified atom stereocenters. The topological polar surface area (TPSA) is 131 Å². The number of alkyl carbamates (subject to hydrolysis) is 1. The van der Waals surface area contributed by atoms with Gasteiger partial charge < -0.3 is 24.9 Å². The summed E-state index contributed by atoms with van der Waals surface area (Å²) in [6, 6.07) is 16.2. The van der Waals surface area contributed by atoms with Gasteiger partial charge in [0.15, 0.2) is 17.8 Å². The molecule has 2 amide bonds. The van der Waals surface area contributed by atoms with E-state index in [-0.39, 0.29) is 42.9 Å². The minimum atomic E-state index is -1.23. The predicted molar refractivity (Wildman–Crippen MR) is 127 cm³/mol. The van der Waals surface area contributed by atoms with Crippen molar-refractivity contribution >= 4 is 18.0 Å². The maximum Gasteiger partial charge on any atom is 0.407 e. The first kappa shape index (κ1) is 24.0. The van der Waals surface area contributed by atoms with Gasteiger partial charge in [-0.25, -0.2) is 14.6 Å². The summed E-state index contributed by atoms with van der Waals surface area (Å²) in [5.41, 5.74) is 3.65. The van der Waals surface area contributed by atoms with Gasteiger partial charge in [0, 0.05) is 17.9 Å². The fraction of sp³-hybridized carbons (Fsp3) is 0.308. The first-order chi connectivity index (χ1) is 16.7. The number of hydrogen-bond acceptors (Lipinski definition) is 6. The third-order valence-corrected chi connectivity index (χ3v) is 6.05. The number of fused-ring (bicyclic) bond motifs is 3. The normalized spacial score (nSPS) is 12.5. The molecule has 3 N–H and O–H groups in total. The van der Waals surface area contributed by atoms with Crippen molar-refractivity contribution in [3.8, 4) is 11.1 Å². The van der Waals surface area contributed by atoms with Gasteiger partial charge in [-0.1, -0.05) is 48.5 Å². The molecule has 2 aromatic carbocycles. The van der Waals surface area contributed by atoms with Gasteiger partial charge in [-0.05, 0) is 42.5 Å². The summed E-state index contributed by atoms with van der Waals surface area (Å²) < 4.78 is 10.6.